The molecule has 11 heavy (non-hydrogen) atoms. The lowest BCUT2D eigenvalue weighted by Gasteiger charge is -1.94. The highest BCUT2D eigenvalue weighted by molar-refractivity contribution is 5.87. The maximum Gasteiger partial charge on any atom is 0.384 e. The lowest BCUT2D eigenvalue weighted by Crippen LogP contribution is -1.99. The number of hydrogen-bond acceptors (Lipinski definition) is 3. The quantitative estimate of drug-likeness (QED) is 0.358. The number of furan rings is 1. The van der Waals surface area contributed by atoms with Crippen LogP contribution in [0.15, 0.2) is 22.8 Å². The van der Waals surface area contributed by atoms with Crippen LogP contribution in [0, 0.1) is 12.3 Å². The standard InChI is InChI=1S/C8H6O3/c1-2-8(9)11-6-7-4-3-5-10-7/h1,3-5H,6H2. The molecule has 0 fully saturated rings. The normalized spacial score (nSPS) is 8.64. The molecule has 0 spiro atoms. The summed E-state index contributed by atoms with van der Waals surface area (Å²) in [5.41, 5.74) is 0. The first-order valence-electron chi connectivity index (χ1n) is 2.98. The first-order chi connectivity index (χ1) is 5.33. The first-order valence-corrected chi connectivity index (χ1v) is 2.98. The molecule has 0 amide bonds. The zero-order chi connectivity index (χ0) is 8.10. The van der Waals surface area contributed by atoms with Crippen LogP contribution in [0.3, 0.4) is 0 Å². The van der Waals surface area contributed by atoms with Gasteiger partial charge in [-0.2, -0.15) is 0 Å². The van der Waals surface area contributed by atoms with E-state index in [0.717, 1.165) is 0 Å². The molecule has 0 unspecified atom stereocenters. The second-order valence-electron chi connectivity index (χ2n) is 1.80. The highest BCUT2D eigenvalue weighted by Crippen LogP contribution is 2.01. The van der Waals surface area contributed by atoms with E-state index in [0.29, 0.717) is 5.76 Å². The number of ether oxygens (including phenoxy) is 1. The second-order valence-corrected chi connectivity index (χ2v) is 1.80. The van der Waals surface area contributed by atoms with E-state index >= 15 is 0 Å². The lowest BCUT2D eigenvalue weighted by atomic mass is 10.5. The molecular formula is C8H6O3. The number of esters is 1. The summed E-state index contributed by atoms with van der Waals surface area (Å²) in [5, 5.41) is 0. The predicted octanol–water partition coefficient (Wildman–Crippen LogP) is 0.956. The topological polar surface area (TPSA) is 39.4 Å². The van der Waals surface area contributed by atoms with Gasteiger partial charge in [-0.1, -0.05) is 0 Å². The Balaban J connectivity index is 2.36. The molecule has 0 aromatic carbocycles. The molecule has 0 atom stereocenters. The van der Waals surface area contributed by atoms with Crippen LogP contribution in [0.4, 0.5) is 0 Å². The first kappa shape index (κ1) is 7.42. The summed E-state index contributed by atoms with van der Waals surface area (Å²) in [7, 11) is 0. The summed E-state index contributed by atoms with van der Waals surface area (Å²) in [6, 6.07) is 3.41. The molecule has 1 aromatic heterocycles. The minimum absolute atomic E-state index is 0.0933. The van der Waals surface area contributed by atoms with Gasteiger partial charge >= 0.3 is 5.97 Å². The maximum absolute atomic E-state index is 10.4. The molecule has 0 aliphatic heterocycles. The summed E-state index contributed by atoms with van der Waals surface area (Å²) in [4.78, 5) is 10.4. The summed E-state index contributed by atoms with van der Waals surface area (Å²) in [6.07, 6.45) is 6.26. The molecule has 0 saturated carbocycles. The number of terminal acetylenes is 1. The van der Waals surface area contributed by atoms with Gasteiger partial charge in [0.1, 0.15) is 12.4 Å². The van der Waals surface area contributed by atoms with Gasteiger partial charge in [0.05, 0.1) is 6.26 Å². The van der Waals surface area contributed by atoms with E-state index in [-0.39, 0.29) is 6.61 Å². The number of carbonyl (C=O) groups is 1. The Hall–Kier alpha value is -1.69. The molecule has 0 aliphatic rings. The van der Waals surface area contributed by atoms with E-state index < -0.39 is 5.97 Å². The lowest BCUT2D eigenvalue weighted by molar-refractivity contribution is -0.138. The molecule has 0 bridgehead atoms. The fourth-order valence-electron chi connectivity index (χ4n) is 0.573. The Morgan fingerprint density at radius 3 is 3.18 bits per heavy atom. The van der Waals surface area contributed by atoms with Crippen LogP contribution in [-0.4, -0.2) is 5.97 Å². The van der Waals surface area contributed by atoms with Crippen molar-refractivity contribution in [2.75, 3.05) is 0 Å². The van der Waals surface area contributed by atoms with Gasteiger partial charge in [-0.05, 0) is 12.1 Å². The van der Waals surface area contributed by atoms with E-state index in [9.17, 15) is 4.79 Å². The Kier molecular flexibility index (Phi) is 2.34. The van der Waals surface area contributed by atoms with Gasteiger partial charge in [0.2, 0.25) is 0 Å². The van der Waals surface area contributed by atoms with Gasteiger partial charge in [0.25, 0.3) is 0 Å². The summed E-state index contributed by atoms with van der Waals surface area (Å²) in [6.45, 7) is 0.0933. The average Bonchev–Trinajstić information content (AvgIpc) is 2.52. The highest BCUT2D eigenvalue weighted by atomic mass is 16.5. The summed E-state index contributed by atoms with van der Waals surface area (Å²) in [5.74, 6) is 1.72. The molecule has 0 aliphatic carbocycles. The average molecular weight is 150 g/mol. The molecule has 1 heterocycles. The van der Waals surface area contributed by atoms with Crippen LogP contribution in [0.25, 0.3) is 0 Å². The number of carbonyl (C=O) groups excluding carboxylic acids is 1. The van der Waals surface area contributed by atoms with Crippen LogP contribution in [0.2, 0.25) is 0 Å². The van der Waals surface area contributed by atoms with Gasteiger partial charge in [-0.15, -0.1) is 6.42 Å². The fraction of sp³-hybridized carbons (Fsp3) is 0.125. The van der Waals surface area contributed by atoms with Gasteiger partial charge in [0.15, 0.2) is 0 Å². The molecule has 3 nitrogen and oxygen atoms in total. The van der Waals surface area contributed by atoms with E-state index in [2.05, 4.69) is 4.74 Å². The van der Waals surface area contributed by atoms with Crippen molar-refractivity contribution in [2.24, 2.45) is 0 Å². The minimum Gasteiger partial charge on any atom is -0.466 e. The third-order valence-corrected chi connectivity index (χ3v) is 1.04. The fourth-order valence-corrected chi connectivity index (χ4v) is 0.573. The Morgan fingerprint density at radius 2 is 2.64 bits per heavy atom. The number of hydrogen-bond donors (Lipinski definition) is 0. The number of rotatable bonds is 2. The van der Waals surface area contributed by atoms with Crippen molar-refractivity contribution in [3.63, 3.8) is 0 Å². The summed E-state index contributed by atoms with van der Waals surface area (Å²) < 4.78 is 9.45. The monoisotopic (exact) mass is 150 g/mol. The minimum atomic E-state index is -0.679. The van der Waals surface area contributed by atoms with Crippen molar-refractivity contribution in [3.05, 3.63) is 24.2 Å². The van der Waals surface area contributed by atoms with Gasteiger partial charge < -0.3 is 9.15 Å². The van der Waals surface area contributed by atoms with Crippen molar-refractivity contribution < 1.29 is 13.9 Å². The zero-order valence-electron chi connectivity index (χ0n) is 5.74. The summed E-state index contributed by atoms with van der Waals surface area (Å²) >= 11 is 0. The van der Waals surface area contributed by atoms with Crippen LogP contribution in [0.1, 0.15) is 5.76 Å². The zero-order valence-corrected chi connectivity index (χ0v) is 5.74. The molecular weight excluding hydrogens is 144 g/mol. The SMILES string of the molecule is C#CC(=O)OCc1ccco1. The predicted molar refractivity (Wildman–Crippen MR) is 37.3 cm³/mol. The molecule has 0 N–H and O–H groups in total. The third kappa shape index (κ3) is 2.18. The molecule has 1 rings (SSSR count). The smallest absolute Gasteiger partial charge is 0.384 e. The Labute approximate surface area is 64.0 Å². The molecule has 0 radical (unpaired) electrons. The van der Waals surface area contributed by atoms with Crippen LogP contribution in [-0.2, 0) is 16.1 Å². The van der Waals surface area contributed by atoms with Crippen molar-refractivity contribution in [3.8, 4) is 12.3 Å². The van der Waals surface area contributed by atoms with E-state index in [1.54, 1.807) is 12.1 Å². The van der Waals surface area contributed by atoms with E-state index in [1.165, 1.54) is 6.26 Å². The largest absolute Gasteiger partial charge is 0.466 e. The van der Waals surface area contributed by atoms with Gasteiger partial charge in [-0.3, -0.25) is 0 Å². The van der Waals surface area contributed by atoms with E-state index in [4.69, 9.17) is 10.8 Å². The van der Waals surface area contributed by atoms with Crippen molar-refractivity contribution in [1.29, 1.82) is 0 Å². The van der Waals surface area contributed by atoms with Crippen molar-refractivity contribution >= 4 is 5.97 Å². The molecule has 56 valence electrons. The Morgan fingerprint density at radius 1 is 1.82 bits per heavy atom. The van der Waals surface area contributed by atoms with Crippen LogP contribution < -0.4 is 0 Å². The molecule has 0 saturated heterocycles. The van der Waals surface area contributed by atoms with Crippen molar-refractivity contribution in [2.45, 2.75) is 6.61 Å². The molecule has 1 aromatic rings. The third-order valence-electron chi connectivity index (χ3n) is 1.04. The van der Waals surface area contributed by atoms with Crippen LogP contribution in [0.5, 0.6) is 0 Å². The maximum atomic E-state index is 10.4. The molecule has 3 heteroatoms. The van der Waals surface area contributed by atoms with Gasteiger partial charge in [0, 0.05) is 5.92 Å². The highest BCUT2D eigenvalue weighted by Gasteiger charge is 1.98. The van der Waals surface area contributed by atoms with E-state index in [1.807, 2.05) is 5.92 Å². The van der Waals surface area contributed by atoms with Crippen LogP contribution >= 0.6 is 0 Å². The van der Waals surface area contributed by atoms with Gasteiger partial charge in [-0.25, -0.2) is 4.79 Å². The second kappa shape index (κ2) is 3.47. The van der Waals surface area contributed by atoms with Crippen molar-refractivity contribution in [1.82, 2.24) is 0 Å². The Bertz CT molecular complexity index is 266.